The molecule has 2 atom stereocenters. The van der Waals surface area contributed by atoms with Gasteiger partial charge in [-0.05, 0) is 0 Å². The first-order valence-electron chi connectivity index (χ1n) is 3.55. The Hall–Kier alpha value is 0.240. The SMILES string of the molecule is Cl/C=C/CNC1COCC1Cl. The van der Waals surface area contributed by atoms with Crippen LogP contribution in [0.3, 0.4) is 0 Å². The molecule has 1 N–H and O–H groups in total. The first-order valence-corrected chi connectivity index (χ1v) is 4.42. The van der Waals surface area contributed by atoms with Gasteiger partial charge in [0, 0.05) is 18.1 Å². The third kappa shape index (κ3) is 2.99. The fourth-order valence-corrected chi connectivity index (χ4v) is 1.32. The summed E-state index contributed by atoms with van der Waals surface area (Å²) in [6, 6.07) is 0.268. The van der Waals surface area contributed by atoms with Gasteiger partial charge >= 0.3 is 0 Å². The van der Waals surface area contributed by atoms with Crippen LogP contribution in [0.2, 0.25) is 0 Å². The number of halogens is 2. The summed E-state index contributed by atoms with van der Waals surface area (Å²) in [5.41, 5.74) is 1.49. The highest BCUT2D eigenvalue weighted by Gasteiger charge is 2.24. The molecule has 1 aliphatic rings. The zero-order valence-electron chi connectivity index (χ0n) is 6.09. The van der Waals surface area contributed by atoms with Crippen molar-refractivity contribution in [1.29, 1.82) is 0 Å². The zero-order valence-corrected chi connectivity index (χ0v) is 7.61. The molecule has 0 aromatic rings. The highest BCUT2D eigenvalue weighted by atomic mass is 35.5. The van der Waals surface area contributed by atoms with E-state index in [1.165, 1.54) is 5.54 Å². The van der Waals surface area contributed by atoms with Crippen molar-refractivity contribution in [2.45, 2.75) is 11.4 Å². The van der Waals surface area contributed by atoms with Gasteiger partial charge in [0.15, 0.2) is 0 Å². The average molecular weight is 196 g/mol. The van der Waals surface area contributed by atoms with Gasteiger partial charge in [-0.3, -0.25) is 0 Å². The molecule has 0 amide bonds. The summed E-state index contributed by atoms with van der Waals surface area (Å²) >= 11 is 11.3. The predicted molar refractivity (Wildman–Crippen MR) is 47.2 cm³/mol. The molecule has 0 saturated carbocycles. The van der Waals surface area contributed by atoms with Crippen molar-refractivity contribution < 1.29 is 4.74 Å². The van der Waals surface area contributed by atoms with Crippen LogP contribution in [-0.2, 0) is 4.74 Å². The lowest BCUT2D eigenvalue weighted by molar-refractivity contribution is 0.191. The summed E-state index contributed by atoms with van der Waals surface area (Å²) in [6.45, 7) is 2.09. The van der Waals surface area contributed by atoms with Gasteiger partial charge in [0.05, 0.1) is 18.6 Å². The Bertz CT molecular complexity index is 140. The monoisotopic (exact) mass is 195 g/mol. The first-order chi connectivity index (χ1) is 5.34. The molecular weight excluding hydrogens is 185 g/mol. The summed E-state index contributed by atoms with van der Waals surface area (Å²) in [6.07, 6.45) is 1.84. The van der Waals surface area contributed by atoms with Gasteiger partial charge in [0.2, 0.25) is 0 Å². The van der Waals surface area contributed by atoms with E-state index in [0.717, 1.165) is 6.54 Å². The predicted octanol–water partition coefficient (Wildman–Crippen LogP) is 1.33. The third-order valence-corrected chi connectivity index (χ3v) is 2.21. The Kier molecular flexibility index (Phi) is 4.23. The Morgan fingerprint density at radius 1 is 1.55 bits per heavy atom. The van der Waals surface area contributed by atoms with E-state index in [0.29, 0.717) is 13.2 Å². The minimum Gasteiger partial charge on any atom is -0.378 e. The molecule has 1 fully saturated rings. The summed E-state index contributed by atoms with van der Waals surface area (Å²) < 4.78 is 5.15. The number of hydrogen-bond donors (Lipinski definition) is 1. The van der Waals surface area contributed by atoms with Crippen LogP contribution in [0, 0.1) is 0 Å². The van der Waals surface area contributed by atoms with Crippen LogP contribution in [0.5, 0.6) is 0 Å². The van der Waals surface area contributed by atoms with E-state index >= 15 is 0 Å². The topological polar surface area (TPSA) is 21.3 Å². The Labute approximate surface area is 76.5 Å². The molecule has 2 unspecified atom stereocenters. The zero-order chi connectivity index (χ0) is 8.10. The van der Waals surface area contributed by atoms with Gasteiger partial charge in [-0.15, -0.1) is 11.6 Å². The van der Waals surface area contributed by atoms with Crippen molar-refractivity contribution in [3.05, 3.63) is 11.6 Å². The molecule has 0 bridgehead atoms. The lowest BCUT2D eigenvalue weighted by atomic mass is 10.2. The van der Waals surface area contributed by atoms with Crippen LogP contribution < -0.4 is 5.32 Å². The Balaban J connectivity index is 2.15. The van der Waals surface area contributed by atoms with Crippen LogP contribution >= 0.6 is 23.2 Å². The molecule has 0 spiro atoms. The van der Waals surface area contributed by atoms with E-state index in [4.69, 9.17) is 27.9 Å². The van der Waals surface area contributed by atoms with Crippen LogP contribution in [0.1, 0.15) is 0 Å². The highest BCUT2D eigenvalue weighted by molar-refractivity contribution is 6.25. The molecule has 0 radical (unpaired) electrons. The van der Waals surface area contributed by atoms with E-state index in [1.807, 2.05) is 6.08 Å². The van der Waals surface area contributed by atoms with Gasteiger partial charge in [-0.25, -0.2) is 0 Å². The molecule has 4 heteroatoms. The van der Waals surface area contributed by atoms with Crippen molar-refractivity contribution >= 4 is 23.2 Å². The van der Waals surface area contributed by atoms with Crippen molar-refractivity contribution in [1.82, 2.24) is 5.32 Å². The van der Waals surface area contributed by atoms with Gasteiger partial charge in [-0.1, -0.05) is 17.7 Å². The summed E-state index contributed by atoms with van der Waals surface area (Å²) in [4.78, 5) is 0. The summed E-state index contributed by atoms with van der Waals surface area (Å²) in [5, 5.41) is 3.30. The Morgan fingerprint density at radius 3 is 2.91 bits per heavy atom. The molecular formula is C7H11Cl2NO. The number of hydrogen-bond acceptors (Lipinski definition) is 2. The van der Waals surface area contributed by atoms with E-state index in [1.54, 1.807) is 0 Å². The molecule has 1 rings (SSSR count). The van der Waals surface area contributed by atoms with Crippen LogP contribution in [0.15, 0.2) is 11.6 Å². The quantitative estimate of drug-likeness (QED) is 0.687. The van der Waals surface area contributed by atoms with E-state index in [2.05, 4.69) is 5.32 Å². The van der Waals surface area contributed by atoms with Gasteiger partial charge in [0.25, 0.3) is 0 Å². The van der Waals surface area contributed by atoms with Crippen LogP contribution in [-0.4, -0.2) is 31.2 Å². The summed E-state index contributed by atoms with van der Waals surface area (Å²) in [7, 11) is 0. The molecule has 1 saturated heterocycles. The Morgan fingerprint density at radius 2 is 2.36 bits per heavy atom. The number of ether oxygens (including phenoxy) is 1. The van der Waals surface area contributed by atoms with E-state index in [-0.39, 0.29) is 11.4 Å². The van der Waals surface area contributed by atoms with E-state index < -0.39 is 0 Å². The lowest BCUT2D eigenvalue weighted by Crippen LogP contribution is -2.36. The van der Waals surface area contributed by atoms with Crippen molar-refractivity contribution in [2.75, 3.05) is 19.8 Å². The minimum atomic E-state index is 0.0960. The molecule has 1 heterocycles. The first kappa shape index (κ1) is 9.33. The smallest absolute Gasteiger partial charge is 0.0745 e. The van der Waals surface area contributed by atoms with Crippen LogP contribution in [0.25, 0.3) is 0 Å². The fourth-order valence-electron chi connectivity index (χ4n) is 0.979. The minimum absolute atomic E-state index is 0.0960. The second-order valence-electron chi connectivity index (χ2n) is 2.43. The van der Waals surface area contributed by atoms with Crippen molar-refractivity contribution in [2.24, 2.45) is 0 Å². The van der Waals surface area contributed by atoms with Crippen molar-refractivity contribution in [3.63, 3.8) is 0 Å². The van der Waals surface area contributed by atoms with Gasteiger partial charge < -0.3 is 10.1 Å². The molecule has 0 aromatic heterocycles. The molecule has 64 valence electrons. The normalized spacial score (nSPS) is 31.8. The maximum atomic E-state index is 5.91. The second-order valence-corrected chi connectivity index (χ2v) is 3.24. The fraction of sp³-hybridized carbons (Fsp3) is 0.714. The molecule has 1 aliphatic heterocycles. The highest BCUT2D eigenvalue weighted by Crippen LogP contribution is 2.11. The van der Waals surface area contributed by atoms with Crippen LogP contribution in [0.4, 0.5) is 0 Å². The maximum Gasteiger partial charge on any atom is 0.0745 e. The second kappa shape index (κ2) is 4.99. The number of rotatable bonds is 3. The lowest BCUT2D eigenvalue weighted by Gasteiger charge is -2.11. The summed E-state index contributed by atoms with van der Waals surface area (Å²) in [5.74, 6) is 0. The number of alkyl halides is 1. The van der Waals surface area contributed by atoms with Gasteiger partial charge in [0.1, 0.15) is 0 Å². The van der Waals surface area contributed by atoms with Crippen molar-refractivity contribution in [3.8, 4) is 0 Å². The molecule has 2 nitrogen and oxygen atoms in total. The largest absolute Gasteiger partial charge is 0.378 e. The standard InChI is InChI=1S/C7H11Cl2NO/c8-2-1-3-10-7-5-11-4-6(7)9/h1-2,6-7,10H,3-5H2/b2-1+. The van der Waals surface area contributed by atoms with Gasteiger partial charge in [-0.2, -0.15) is 0 Å². The molecule has 0 aromatic carbocycles. The molecule has 11 heavy (non-hydrogen) atoms. The maximum absolute atomic E-state index is 5.91. The molecule has 0 aliphatic carbocycles. The third-order valence-electron chi connectivity index (χ3n) is 1.60. The number of nitrogens with one attached hydrogen (secondary N) is 1. The van der Waals surface area contributed by atoms with E-state index in [9.17, 15) is 0 Å². The average Bonchev–Trinajstić information content (AvgIpc) is 2.37.